The van der Waals surface area contributed by atoms with Gasteiger partial charge in [0.15, 0.2) is 11.6 Å². The Morgan fingerprint density at radius 1 is 1.00 bits per heavy atom. The number of aromatic nitrogens is 4. The normalized spacial score (nSPS) is 19.5. The third kappa shape index (κ3) is 4.40. The smallest absolute Gasteiger partial charge is 0.225 e. The summed E-state index contributed by atoms with van der Waals surface area (Å²) in [6.07, 6.45) is 6.24. The van der Waals surface area contributed by atoms with E-state index in [0.717, 1.165) is 31.7 Å². The molecule has 4 rings (SSSR count). The first-order chi connectivity index (χ1) is 13.9. The summed E-state index contributed by atoms with van der Waals surface area (Å²) >= 11 is 0. The second-order valence-corrected chi connectivity index (χ2v) is 9.43. The van der Waals surface area contributed by atoms with Crippen LogP contribution in [-0.4, -0.2) is 89.0 Å². The second-order valence-electron chi connectivity index (χ2n) is 7.45. The molecule has 2 aromatic rings. The zero-order valence-corrected chi connectivity index (χ0v) is 17.2. The summed E-state index contributed by atoms with van der Waals surface area (Å²) in [6.45, 7) is 3.17. The molecule has 1 amide bonds. The van der Waals surface area contributed by atoms with Gasteiger partial charge < -0.3 is 9.80 Å². The Morgan fingerprint density at radius 3 is 2.21 bits per heavy atom. The number of hydrogen-bond acceptors (Lipinski definition) is 7. The first kappa shape index (κ1) is 19.8. The molecule has 0 aromatic carbocycles. The molecule has 0 N–H and O–H groups in total. The molecule has 0 aliphatic carbocycles. The Kier molecular flexibility index (Phi) is 5.50. The molecule has 0 unspecified atom stereocenters. The Bertz CT molecular complexity index is 930. The number of piperidine rings is 1. The van der Waals surface area contributed by atoms with Crippen molar-refractivity contribution in [3.8, 4) is 5.82 Å². The predicted octanol–water partition coefficient (Wildman–Crippen LogP) is -0.0175. The number of anilines is 1. The summed E-state index contributed by atoms with van der Waals surface area (Å²) < 4.78 is 26.3. The van der Waals surface area contributed by atoms with Crippen LogP contribution < -0.4 is 4.90 Å². The molecule has 0 atom stereocenters. The van der Waals surface area contributed by atoms with Gasteiger partial charge in [-0.05, 0) is 31.0 Å². The van der Waals surface area contributed by atoms with Gasteiger partial charge in [0.25, 0.3) is 0 Å². The van der Waals surface area contributed by atoms with Crippen LogP contribution in [0, 0.1) is 5.92 Å². The number of carbonyl (C=O) groups is 1. The Hall–Kier alpha value is -2.53. The van der Waals surface area contributed by atoms with E-state index in [0.29, 0.717) is 32.0 Å². The summed E-state index contributed by atoms with van der Waals surface area (Å²) in [5, 5.41) is 12.7. The summed E-state index contributed by atoms with van der Waals surface area (Å²) in [4.78, 5) is 16.8. The molecule has 10 nitrogen and oxygen atoms in total. The number of nitrogens with zero attached hydrogens (tertiary/aromatic N) is 7. The van der Waals surface area contributed by atoms with Crippen LogP contribution in [0.1, 0.15) is 12.8 Å². The second kappa shape index (κ2) is 8.07. The van der Waals surface area contributed by atoms with Crippen LogP contribution in [0.5, 0.6) is 0 Å². The molecule has 2 fully saturated rings. The summed E-state index contributed by atoms with van der Waals surface area (Å²) in [5.74, 6) is 1.58. The molecular weight excluding hydrogens is 394 g/mol. The van der Waals surface area contributed by atoms with E-state index in [9.17, 15) is 13.2 Å². The number of piperazine rings is 1. The highest BCUT2D eigenvalue weighted by Crippen LogP contribution is 2.24. The lowest BCUT2D eigenvalue weighted by Crippen LogP contribution is -2.52. The summed E-state index contributed by atoms with van der Waals surface area (Å²) in [6, 6.07) is 5.64. The van der Waals surface area contributed by atoms with Crippen molar-refractivity contribution in [1.29, 1.82) is 0 Å². The number of amides is 1. The van der Waals surface area contributed by atoms with Gasteiger partial charge in [0.1, 0.15) is 0 Å². The number of carbonyl (C=O) groups excluding carboxylic acids is 1. The van der Waals surface area contributed by atoms with Crippen molar-refractivity contribution in [2.75, 3.05) is 50.4 Å². The minimum absolute atomic E-state index is 0.0210. The van der Waals surface area contributed by atoms with Gasteiger partial charge in [0.05, 0.1) is 6.26 Å². The van der Waals surface area contributed by atoms with Crippen LogP contribution in [-0.2, 0) is 14.8 Å². The minimum Gasteiger partial charge on any atom is -0.355 e. The quantitative estimate of drug-likeness (QED) is 0.686. The zero-order valence-electron chi connectivity index (χ0n) is 16.4. The van der Waals surface area contributed by atoms with Crippen LogP contribution >= 0.6 is 0 Å². The molecule has 2 aliphatic heterocycles. The van der Waals surface area contributed by atoms with Gasteiger partial charge in [0.2, 0.25) is 15.9 Å². The van der Waals surface area contributed by atoms with Crippen molar-refractivity contribution in [2.45, 2.75) is 12.8 Å². The fraction of sp³-hybridized carbons (Fsp3) is 0.556. The molecule has 0 radical (unpaired) electrons. The monoisotopic (exact) mass is 419 g/mol. The van der Waals surface area contributed by atoms with E-state index in [4.69, 9.17) is 0 Å². The van der Waals surface area contributed by atoms with Gasteiger partial charge in [-0.2, -0.15) is 9.40 Å². The molecule has 2 aromatic heterocycles. The molecule has 4 heterocycles. The van der Waals surface area contributed by atoms with Crippen molar-refractivity contribution < 1.29 is 13.2 Å². The van der Waals surface area contributed by atoms with Gasteiger partial charge in [-0.1, -0.05) is 0 Å². The van der Waals surface area contributed by atoms with Gasteiger partial charge >= 0.3 is 0 Å². The Labute approximate surface area is 170 Å². The average Bonchev–Trinajstić information content (AvgIpc) is 3.28. The molecule has 0 spiro atoms. The van der Waals surface area contributed by atoms with E-state index in [-0.39, 0.29) is 11.8 Å². The third-order valence-electron chi connectivity index (χ3n) is 5.56. The lowest BCUT2D eigenvalue weighted by Gasteiger charge is -2.38. The molecule has 2 saturated heterocycles. The van der Waals surface area contributed by atoms with E-state index in [1.54, 1.807) is 15.8 Å². The van der Waals surface area contributed by atoms with Crippen LogP contribution in [0.2, 0.25) is 0 Å². The zero-order chi connectivity index (χ0) is 20.4. The van der Waals surface area contributed by atoms with Crippen molar-refractivity contribution >= 4 is 21.7 Å². The van der Waals surface area contributed by atoms with E-state index < -0.39 is 10.0 Å². The van der Waals surface area contributed by atoms with Crippen molar-refractivity contribution in [3.05, 3.63) is 30.6 Å². The topological polar surface area (TPSA) is 105 Å². The van der Waals surface area contributed by atoms with Crippen molar-refractivity contribution in [2.24, 2.45) is 5.92 Å². The maximum atomic E-state index is 12.8. The first-order valence-electron chi connectivity index (χ1n) is 9.74. The van der Waals surface area contributed by atoms with Gasteiger partial charge in [0, 0.05) is 57.6 Å². The van der Waals surface area contributed by atoms with Crippen LogP contribution in [0.4, 0.5) is 5.82 Å². The maximum absolute atomic E-state index is 12.8. The Morgan fingerprint density at radius 2 is 1.66 bits per heavy atom. The van der Waals surface area contributed by atoms with Gasteiger partial charge in [-0.15, -0.1) is 10.2 Å². The molecule has 0 bridgehead atoms. The molecule has 156 valence electrons. The number of rotatable bonds is 4. The largest absolute Gasteiger partial charge is 0.355 e. The average molecular weight is 420 g/mol. The highest BCUT2D eigenvalue weighted by molar-refractivity contribution is 7.88. The first-order valence-corrected chi connectivity index (χ1v) is 11.6. The van der Waals surface area contributed by atoms with Gasteiger partial charge in [-0.25, -0.2) is 13.1 Å². The SMILES string of the molecule is CS(=O)(=O)N1CCN(C(=O)C2CCN(c3ccc(-n4cccn4)nn3)CC2)CC1. The van der Waals surface area contributed by atoms with E-state index in [1.165, 1.54) is 10.6 Å². The highest BCUT2D eigenvalue weighted by Gasteiger charge is 2.32. The minimum atomic E-state index is -3.18. The van der Waals surface area contributed by atoms with E-state index in [1.807, 2.05) is 24.4 Å². The lowest BCUT2D eigenvalue weighted by molar-refractivity contribution is -0.137. The van der Waals surface area contributed by atoms with Crippen molar-refractivity contribution in [1.82, 2.24) is 29.2 Å². The standard InChI is InChI=1S/C18H25N7O3S/c1-29(27,28)24-13-11-23(12-14-24)18(26)15-5-9-22(10-6-15)16-3-4-17(21-20-16)25-8-2-7-19-25/h2-4,7-8,15H,5-6,9-14H2,1H3. The molecule has 2 aliphatic rings. The maximum Gasteiger partial charge on any atom is 0.225 e. The third-order valence-corrected chi connectivity index (χ3v) is 6.87. The molecular formula is C18H25N7O3S. The Balaban J connectivity index is 1.30. The van der Waals surface area contributed by atoms with Crippen LogP contribution in [0.25, 0.3) is 5.82 Å². The summed E-state index contributed by atoms with van der Waals surface area (Å²) in [7, 11) is -3.18. The fourth-order valence-corrected chi connectivity index (χ4v) is 4.69. The highest BCUT2D eigenvalue weighted by atomic mass is 32.2. The molecule has 0 saturated carbocycles. The van der Waals surface area contributed by atoms with Crippen molar-refractivity contribution in [3.63, 3.8) is 0 Å². The lowest BCUT2D eigenvalue weighted by atomic mass is 9.95. The van der Waals surface area contributed by atoms with Crippen LogP contribution in [0.15, 0.2) is 30.6 Å². The summed E-state index contributed by atoms with van der Waals surface area (Å²) in [5.41, 5.74) is 0. The van der Waals surface area contributed by atoms with E-state index >= 15 is 0 Å². The molecule has 29 heavy (non-hydrogen) atoms. The van der Waals surface area contributed by atoms with Crippen LogP contribution in [0.3, 0.4) is 0 Å². The number of hydrogen-bond donors (Lipinski definition) is 0. The fourth-order valence-electron chi connectivity index (χ4n) is 3.87. The number of sulfonamides is 1. The van der Waals surface area contributed by atoms with Gasteiger partial charge in [-0.3, -0.25) is 4.79 Å². The predicted molar refractivity (Wildman–Crippen MR) is 107 cm³/mol. The van der Waals surface area contributed by atoms with E-state index in [2.05, 4.69) is 20.2 Å². The molecule has 11 heteroatoms.